The van der Waals surface area contributed by atoms with Gasteiger partial charge >= 0.3 is 0 Å². The summed E-state index contributed by atoms with van der Waals surface area (Å²) < 4.78 is 7.19. The molecular formula is C13H15N5OS. The minimum atomic E-state index is 0.427. The van der Waals surface area contributed by atoms with Crippen LogP contribution in [0.15, 0.2) is 24.3 Å². The highest BCUT2D eigenvalue weighted by molar-refractivity contribution is 7.16. The molecule has 3 rings (SSSR count). The van der Waals surface area contributed by atoms with Gasteiger partial charge in [-0.05, 0) is 24.6 Å². The van der Waals surface area contributed by atoms with Gasteiger partial charge in [0, 0.05) is 13.0 Å². The zero-order valence-corrected chi connectivity index (χ0v) is 11.9. The zero-order valence-electron chi connectivity index (χ0n) is 11.1. The van der Waals surface area contributed by atoms with Crippen LogP contribution in [-0.4, -0.2) is 26.4 Å². The minimum Gasteiger partial charge on any atom is -0.494 e. The Morgan fingerprint density at radius 2 is 2.05 bits per heavy atom. The summed E-state index contributed by atoms with van der Waals surface area (Å²) in [5.74, 6) is 1.70. The van der Waals surface area contributed by atoms with Crippen molar-refractivity contribution >= 4 is 16.3 Å². The number of ether oxygens (including phenoxy) is 1. The van der Waals surface area contributed by atoms with Gasteiger partial charge in [0.25, 0.3) is 0 Å². The Morgan fingerprint density at radius 3 is 2.75 bits per heavy atom. The molecule has 6 nitrogen and oxygen atoms in total. The SMILES string of the molecule is CCOc1ccc(Cc2nnc3sc(CN)nn23)cc1. The van der Waals surface area contributed by atoms with Crippen LogP contribution in [0.25, 0.3) is 4.96 Å². The van der Waals surface area contributed by atoms with Crippen molar-refractivity contribution in [3.05, 3.63) is 40.7 Å². The Bertz CT molecular complexity index is 703. The molecule has 0 atom stereocenters. The van der Waals surface area contributed by atoms with Crippen LogP contribution in [0.2, 0.25) is 0 Å². The van der Waals surface area contributed by atoms with Crippen molar-refractivity contribution in [2.24, 2.45) is 5.73 Å². The third-order valence-corrected chi connectivity index (χ3v) is 3.79. The quantitative estimate of drug-likeness (QED) is 0.772. The van der Waals surface area contributed by atoms with E-state index >= 15 is 0 Å². The topological polar surface area (TPSA) is 78.3 Å². The molecule has 0 aliphatic rings. The van der Waals surface area contributed by atoms with Crippen molar-refractivity contribution in [1.29, 1.82) is 0 Å². The van der Waals surface area contributed by atoms with Gasteiger partial charge in [0.1, 0.15) is 10.8 Å². The second-order valence-electron chi connectivity index (χ2n) is 4.26. The van der Waals surface area contributed by atoms with E-state index in [1.165, 1.54) is 11.3 Å². The van der Waals surface area contributed by atoms with Crippen molar-refractivity contribution in [1.82, 2.24) is 19.8 Å². The maximum absolute atomic E-state index is 5.59. The van der Waals surface area contributed by atoms with Gasteiger partial charge in [0.05, 0.1) is 6.61 Å². The van der Waals surface area contributed by atoms with Crippen molar-refractivity contribution in [2.45, 2.75) is 19.9 Å². The molecule has 104 valence electrons. The number of fused-ring (bicyclic) bond motifs is 1. The molecule has 0 aliphatic carbocycles. The Kier molecular flexibility index (Phi) is 3.62. The predicted octanol–water partition coefficient (Wildman–Crippen LogP) is 1.63. The van der Waals surface area contributed by atoms with Gasteiger partial charge in [-0.3, -0.25) is 0 Å². The average molecular weight is 289 g/mol. The van der Waals surface area contributed by atoms with E-state index in [1.807, 2.05) is 31.2 Å². The van der Waals surface area contributed by atoms with Crippen molar-refractivity contribution in [2.75, 3.05) is 6.61 Å². The Morgan fingerprint density at radius 1 is 1.25 bits per heavy atom. The Hall–Kier alpha value is -1.99. The fraction of sp³-hybridized carbons (Fsp3) is 0.308. The van der Waals surface area contributed by atoms with E-state index < -0.39 is 0 Å². The molecule has 0 bridgehead atoms. The van der Waals surface area contributed by atoms with Gasteiger partial charge in [-0.15, -0.1) is 10.2 Å². The molecule has 2 N–H and O–H groups in total. The molecule has 0 unspecified atom stereocenters. The highest BCUT2D eigenvalue weighted by Gasteiger charge is 2.11. The van der Waals surface area contributed by atoms with Crippen LogP contribution in [0.1, 0.15) is 23.3 Å². The molecule has 0 spiro atoms. The molecule has 20 heavy (non-hydrogen) atoms. The summed E-state index contributed by atoms with van der Waals surface area (Å²) in [6.45, 7) is 3.07. The first-order valence-electron chi connectivity index (χ1n) is 6.42. The van der Waals surface area contributed by atoms with E-state index in [4.69, 9.17) is 10.5 Å². The Balaban J connectivity index is 1.83. The third kappa shape index (κ3) is 2.50. The molecule has 7 heteroatoms. The summed E-state index contributed by atoms with van der Waals surface area (Å²) in [6, 6.07) is 7.98. The van der Waals surface area contributed by atoms with Crippen molar-refractivity contribution in [3.8, 4) is 5.75 Å². The van der Waals surface area contributed by atoms with Crippen LogP contribution in [0.5, 0.6) is 5.75 Å². The van der Waals surface area contributed by atoms with Gasteiger partial charge in [-0.25, -0.2) is 0 Å². The summed E-state index contributed by atoms with van der Waals surface area (Å²) in [4.78, 5) is 0.784. The van der Waals surface area contributed by atoms with E-state index in [2.05, 4.69) is 15.3 Å². The van der Waals surface area contributed by atoms with E-state index in [0.717, 1.165) is 27.1 Å². The second-order valence-corrected chi connectivity index (χ2v) is 5.30. The lowest BCUT2D eigenvalue weighted by Crippen LogP contribution is -2.01. The fourth-order valence-electron chi connectivity index (χ4n) is 1.94. The second kappa shape index (κ2) is 5.56. The molecule has 0 fully saturated rings. The van der Waals surface area contributed by atoms with Gasteiger partial charge in [-0.1, -0.05) is 23.5 Å². The van der Waals surface area contributed by atoms with E-state index in [-0.39, 0.29) is 0 Å². The lowest BCUT2D eigenvalue weighted by atomic mass is 10.1. The molecule has 0 aliphatic heterocycles. The average Bonchev–Trinajstić information content (AvgIpc) is 3.03. The molecular weight excluding hydrogens is 274 g/mol. The molecule has 2 heterocycles. The number of hydrogen-bond acceptors (Lipinski definition) is 6. The zero-order chi connectivity index (χ0) is 13.9. The number of hydrogen-bond donors (Lipinski definition) is 1. The molecule has 0 saturated heterocycles. The van der Waals surface area contributed by atoms with Gasteiger partial charge in [-0.2, -0.15) is 9.61 Å². The van der Waals surface area contributed by atoms with Crippen LogP contribution in [0.3, 0.4) is 0 Å². The number of nitrogens with two attached hydrogens (primary N) is 1. The molecule has 3 aromatic rings. The van der Waals surface area contributed by atoms with E-state index in [0.29, 0.717) is 19.6 Å². The minimum absolute atomic E-state index is 0.427. The van der Waals surface area contributed by atoms with Crippen LogP contribution in [0, 0.1) is 0 Å². The monoisotopic (exact) mass is 289 g/mol. The molecule has 0 amide bonds. The Labute approximate surface area is 120 Å². The number of nitrogens with zero attached hydrogens (tertiary/aromatic N) is 4. The van der Waals surface area contributed by atoms with Crippen molar-refractivity contribution < 1.29 is 4.74 Å². The lowest BCUT2D eigenvalue weighted by molar-refractivity contribution is 0.340. The first kappa shape index (κ1) is 13.0. The predicted molar refractivity (Wildman–Crippen MR) is 77.0 cm³/mol. The summed E-state index contributed by atoms with van der Waals surface area (Å²) in [5.41, 5.74) is 6.74. The fourth-order valence-corrected chi connectivity index (χ4v) is 2.67. The highest BCUT2D eigenvalue weighted by atomic mass is 32.1. The smallest absolute Gasteiger partial charge is 0.234 e. The summed E-state index contributed by atoms with van der Waals surface area (Å²) in [5, 5.41) is 13.6. The lowest BCUT2D eigenvalue weighted by Gasteiger charge is -2.03. The maximum atomic E-state index is 5.59. The maximum Gasteiger partial charge on any atom is 0.234 e. The van der Waals surface area contributed by atoms with Crippen molar-refractivity contribution in [3.63, 3.8) is 0 Å². The molecule has 2 aromatic heterocycles. The number of rotatable bonds is 5. The molecule has 0 saturated carbocycles. The first-order valence-corrected chi connectivity index (χ1v) is 7.23. The third-order valence-electron chi connectivity index (χ3n) is 2.87. The first-order chi connectivity index (χ1) is 9.80. The molecule has 0 radical (unpaired) electrons. The summed E-state index contributed by atoms with van der Waals surface area (Å²) in [7, 11) is 0. The van der Waals surface area contributed by atoms with Crippen LogP contribution in [-0.2, 0) is 13.0 Å². The summed E-state index contributed by atoms with van der Waals surface area (Å²) >= 11 is 1.47. The van der Waals surface area contributed by atoms with Gasteiger partial charge < -0.3 is 10.5 Å². The summed E-state index contributed by atoms with van der Waals surface area (Å²) in [6.07, 6.45) is 0.682. The van der Waals surface area contributed by atoms with Crippen LogP contribution in [0.4, 0.5) is 0 Å². The number of aromatic nitrogens is 4. The number of benzene rings is 1. The normalized spacial score (nSPS) is 11.1. The van der Waals surface area contributed by atoms with Crippen LogP contribution < -0.4 is 10.5 Å². The molecule has 1 aromatic carbocycles. The van der Waals surface area contributed by atoms with Gasteiger partial charge in [0.2, 0.25) is 4.96 Å². The highest BCUT2D eigenvalue weighted by Crippen LogP contribution is 2.17. The van der Waals surface area contributed by atoms with E-state index in [1.54, 1.807) is 4.52 Å². The largest absolute Gasteiger partial charge is 0.494 e. The van der Waals surface area contributed by atoms with Crippen LogP contribution >= 0.6 is 11.3 Å². The standard InChI is InChI=1S/C13H15N5OS/c1-2-19-10-5-3-9(4-6-10)7-11-15-16-13-18(11)17-12(8-14)20-13/h3-6H,2,7-8,14H2,1H3. The van der Waals surface area contributed by atoms with E-state index in [9.17, 15) is 0 Å². The van der Waals surface area contributed by atoms with Gasteiger partial charge in [0.15, 0.2) is 5.82 Å².